The van der Waals surface area contributed by atoms with Crippen molar-refractivity contribution in [3.05, 3.63) is 84.2 Å². The molecule has 0 aliphatic heterocycles. The summed E-state index contributed by atoms with van der Waals surface area (Å²) >= 11 is 0. The van der Waals surface area contributed by atoms with E-state index in [9.17, 15) is 22.4 Å². The van der Waals surface area contributed by atoms with E-state index in [4.69, 9.17) is 9.15 Å². The number of para-hydroxylation sites is 1. The van der Waals surface area contributed by atoms with Crippen LogP contribution in [0.2, 0.25) is 0 Å². The summed E-state index contributed by atoms with van der Waals surface area (Å²) in [7, 11) is -4.35. The molecule has 0 radical (unpaired) electrons. The van der Waals surface area contributed by atoms with Gasteiger partial charge in [0.05, 0.1) is 18.6 Å². The number of nitrogens with one attached hydrogen (secondary N) is 1. The van der Waals surface area contributed by atoms with Crippen LogP contribution in [-0.4, -0.2) is 19.5 Å². The Bertz CT molecular complexity index is 1210. The summed E-state index contributed by atoms with van der Waals surface area (Å²) in [4.78, 5) is 3.41. The van der Waals surface area contributed by atoms with Crippen molar-refractivity contribution in [3.8, 4) is 22.8 Å². The number of aromatic hydroxyl groups is 1. The molecule has 0 bridgehead atoms. The Kier molecular flexibility index (Phi) is 6.64. The van der Waals surface area contributed by atoms with Gasteiger partial charge in [0.15, 0.2) is 0 Å². The van der Waals surface area contributed by atoms with E-state index >= 15 is 0 Å². The maximum atomic E-state index is 9.75. The van der Waals surface area contributed by atoms with Crippen LogP contribution in [0, 0.1) is 0 Å². The molecule has 1 heterocycles. The Morgan fingerprint density at radius 1 is 0.871 bits per heavy atom. The maximum Gasteiger partial charge on any atom is 0.673 e. The second kappa shape index (κ2) is 9.38. The number of ether oxygens (including phenoxy) is 1. The SMILES string of the molecule is COc1ccc(-c2cc(=[NH+]c3ccc(O)cc3)c3ccccc3o2)cc1.F[B-](F)(F)F. The molecule has 3 aromatic carbocycles. The van der Waals surface area contributed by atoms with Gasteiger partial charge >= 0.3 is 7.25 Å². The first-order valence-corrected chi connectivity index (χ1v) is 9.16. The van der Waals surface area contributed by atoms with Gasteiger partial charge in [0.2, 0.25) is 11.0 Å². The van der Waals surface area contributed by atoms with Gasteiger partial charge in [0.25, 0.3) is 0 Å². The summed E-state index contributed by atoms with van der Waals surface area (Å²) in [5.41, 5.74) is 2.65. The lowest BCUT2D eigenvalue weighted by Gasteiger charge is -2.04. The van der Waals surface area contributed by atoms with Crippen molar-refractivity contribution in [3.63, 3.8) is 0 Å². The lowest BCUT2D eigenvalue weighted by molar-refractivity contribution is -0.400. The smallest absolute Gasteiger partial charge is 0.508 e. The monoisotopic (exact) mass is 431 g/mol. The molecule has 0 spiro atoms. The minimum atomic E-state index is -6.00. The molecule has 4 aromatic rings. The molecule has 0 aliphatic carbocycles. The predicted molar refractivity (Wildman–Crippen MR) is 110 cm³/mol. The van der Waals surface area contributed by atoms with E-state index in [2.05, 4.69) is 4.99 Å². The van der Waals surface area contributed by atoms with Crippen LogP contribution in [0.25, 0.3) is 22.3 Å². The zero-order valence-corrected chi connectivity index (χ0v) is 16.4. The Labute approximate surface area is 175 Å². The first-order chi connectivity index (χ1) is 14.7. The van der Waals surface area contributed by atoms with E-state index in [1.54, 1.807) is 19.2 Å². The van der Waals surface area contributed by atoms with Crippen molar-refractivity contribution in [1.82, 2.24) is 0 Å². The zero-order valence-electron chi connectivity index (χ0n) is 16.4. The van der Waals surface area contributed by atoms with E-state index in [1.165, 1.54) is 0 Å². The molecule has 0 fully saturated rings. The molecular weight excluding hydrogens is 413 g/mol. The molecule has 0 saturated carbocycles. The summed E-state index contributed by atoms with van der Waals surface area (Å²) in [5, 5.41) is 11.4. The van der Waals surface area contributed by atoms with Crippen LogP contribution in [0.3, 0.4) is 0 Å². The number of hydrogen-bond donors (Lipinski definition) is 2. The van der Waals surface area contributed by atoms with Crippen molar-refractivity contribution < 1.29 is 36.5 Å². The highest BCUT2D eigenvalue weighted by molar-refractivity contribution is 6.50. The molecular formula is C22H18BF4NO3. The summed E-state index contributed by atoms with van der Waals surface area (Å²) in [6.07, 6.45) is 0. The number of hydrogen-bond acceptors (Lipinski definition) is 3. The third kappa shape index (κ3) is 6.37. The molecule has 31 heavy (non-hydrogen) atoms. The number of phenols is 1. The van der Waals surface area contributed by atoms with Gasteiger partial charge in [0.1, 0.15) is 22.8 Å². The quantitative estimate of drug-likeness (QED) is 0.287. The van der Waals surface area contributed by atoms with Gasteiger partial charge in [0, 0.05) is 17.7 Å². The molecule has 4 nitrogen and oxygen atoms in total. The molecule has 0 saturated heterocycles. The van der Waals surface area contributed by atoms with Crippen LogP contribution in [0.1, 0.15) is 0 Å². The van der Waals surface area contributed by atoms with E-state index < -0.39 is 7.25 Å². The zero-order chi connectivity index (χ0) is 22.4. The van der Waals surface area contributed by atoms with Gasteiger partial charge in [-0.15, -0.1) is 0 Å². The third-order valence-corrected chi connectivity index (χ3v) is 4.19. The van der Waals surface area contributed by atoms with E-state index in [0.29, 0.717) is 0 Å². The van der Waals surface area contributed by atoms with Gasteiger partial charge in [-0.25, -0.2) is 4.99 Å². The Hall–Kier alpha value is -3.75. The normalized spacial score (nSPS) is 11.7. The standard InChI is InChI=1S/C22H17NO3.BF4/c1-25-18-12-6-15(7-13-18)22-14-20(19-4-2-3-5-21(19)26-22)23-16-8-10-17(24)11-9-16;2-1(3,4)5/h2-14,24H,1H3;/q;-1/p+1. The first-order valence-electron chi connectivity index (χ1n) is 9.16. The van der Waals surface area contributed by atoms with Crippen molar-refractivity contribution in [1.29, 1.82) is 0 Å². The number of fused-ring (bicyclic) bond motifs is 1. The number of halogens is 4. The van der Waals surface area contributed by atoms with E-state index in [0.717, 1.165) is 39.1 Å². The Balaban J connectivity index is 0.000000491. The van der Waals surface area contributed by atoms with E-state index in [-0.39, 0.29) is 5.75 Å². The molecule has 0 amide bonds. The fourth-order valence-corrected chi connectivity index (χ4v) is 2.84. The summed E-state index contributed by atoms with van der Waals surface area (Å²) < 4.78 is 50.3. The van der Waals surface area contributed by atoms with Crippen molar-refractivity contribution in [2.45, 2.75) is 0 Å². The predicted octanol–water partition coefficient (Wildman–Crippen LogP) is 4.43. The highest BCUT2D eigenvalue weighted by Crippen LogP contribution is 2.24. The van der Waals surface area contributed by atoms with Crippen LogP contribution >= 0.6 is 0 Å². The van der Waals surface area contributed by atoms with Crippen molar-refractivity contribution in [2.24, 2.45) is 0 Å². The summed E-state index contributed by atoms with van der Waals surface area (Å²) in [6, 6.07) is 24.6. The minimum Gasteiger partial charge on any atom is -0.508 e. The molecule has 9 heteroatoms. The Morgan fingerprint density at radius 2 is 1.48 bits per heavy atom. The van der Waals surface area contributed by atoms with Crippen LogP contribution in [0.15, 0.2) is 83.3 Å². The van der Waals surface area contributed by atoms with Gasteiger partial charge in [-0.1, -0.05) is 12.1 Å². The first kappa shape index (κ1) is 22.0. The van der Waals surface area contributed by atoms with Gasteiger partial charge < -0.3 is 31.5 Å². The fourth-order valence-electron chi connectivity index (χ4n) is 2.84. The molecule has 0 atom stereocenters. The number of phenolic OH excluding ortho intramolecular Hbond substituents is 1. The second-order valence-corrected chi connectivity index (χ2v) is 6.42. The average Bonchev–Trinajstić information content (AvgIpc) is 2.74. The largest absolute Gasteiger partial charge is 0.673 e. The summed E-state index contributed by atoms with van der Waals surface area (Å²) in [6.45, 7) is 0. The molecule has 160 valence electrons. The molecule has 1 aromatic heterocycles. The van der Waals surface area contributed by atoms with Gasteiger partial charge in [-0.3, -0.25) is 0 Å². The van der Waals surface area contributed by atoms with Crippen molar-refractivity contribution >= 4 is 23.9 Å². The van der Waals surface area contributed by atoms with Crippen molar-refractivity contribution in [2.75, 3.05) is 7.11 Å². The van der Waals surface area contributed by atoms with Crippen LogP contribution in [-0.2, 0) is 0 Å². The van der Waals surface area contributed by atoms with Crippen LogP contribution in [0.4, 0.5) is 23.0 Å². The van der Waals surface area contributed by atoms with Gasteiger partial charge in [-0.2, -0.15) is 0 Å². The van der Waals surface area contributed by atoms with Crippen LogP contribution in [0.5, 0.6) is 11.5 Å². The number of benzene rings is 3. The highest BCUT2D eigenvalue weighted by Gasteiger charge is 2.20. The third-order valence-electron chi connectivity index (χ3n) is 4.19. The minimum absolute atomic E-state index is 0.238. The molecule has 0 aliphatic rings. The second-order valence-electron chi connectivity index (χ2n) is 6.42. The lowest BCUT2D eigenvalue weighted by Crippen LogP contribution is -2.70. The molecule has 2 N–H and O–H groups in total. The lowest BCUT2D eigenvalue weighted by atomic mass is 10.1. The number of rotatable bonds is 3. The highest BCUT2D eigenvalue weighted by atomic mass is 19.5. The summed E-state index contributed by atoms with van der Waals surface area (Å²) in [5.74, 6) is 1.80. The topological polar surface area (TPSA) is 56.6 Å². The van der Waals surface area contributed by atoms with Gasteiger partial charge in [-0.05, 0) is 48.5 Å². The maximum absolute atomic E-state index is 9.75. The Morgan fingerprint density at radius 3 is 2.10 bits per heavy atom. The van der Waals surface area contributed by atoms with E-state index in [1.807, 2.05) is 66.7 Å². The fraction of sp³-hybridized carbons (Fsp3) is 0.0455. The molecule has 0 unspecified atom stereocenters. The average molecular weight is 431 g/mol. The number of methoxy groups -OCH3 is 1. The molecule has 4 rings (SSSR count). The van der Waals surface area contributed by atoms with Crippen LogP contribution < -0.4 is 15.1 Å².